The van der Waals surface area contributed by atoms with E-state index in [9.17, 15) is 0 Å². The summed E-state index contributed by atoms with van der Waals surface area (Å²) >= 11 is 0. The molecule has 1 N–H and O–H groups in total. The Kier molecular flexibility index (Phi) is 1.86. The van der Waals surface area contributed by atoms with E-state index in [1.807, 2.05) is 19.2 Å². The maximum atomic E-state index is 8.26. The molecule has 1 aromatic heterocycles. The smallest absolute Gasteiger partial charge is 0.181 e. The average molecular weight is 133 g/mol. The third kappa shape index (κ3) is 1.23. The van der Waals surface area contributed by atoms with E-state index in [0.717, 1.165) is 11.3 Å². The highest BCUT2D eigenvalue weighted by atomic mass is 14.9. The van der Waals surface area contributed by atoms with Gasteiger partial charge in [-0.2, -0.15) is 5.26 Å². The van der Waals surface area contributed by atoms with Crippen molar-refractivity contribution >= 4 is 5.69 Å². The summed E-state index contributed by atoms with van der Waals surface area (Å²) in [7, 11) is 0. The van der Waals surface area contributed by atoms with Crippen molar-refractivity contribution < 1.29 is 0 Å². The largest absolute Gasteiger partial charge is 0.291 e. The lowest BCUT2D eigenvalue weighted by Crippen LogP contribution is -1.90. The molecule has 1 rings (SSSR count). The summed E-state index contributed by atoms with van der Waals surface area (Å²) in [4.78, 5) is 3.85. The van der Waals surface area contributed by atoms with Crippen LogP contribution in [0.25, 0.3) is 0 Å². The van der Waals surface area contributed by atoms with Crippen molar-refractivity contribution in [3.8, 4) is 6.19 Å². The van der Waals surface area contributed by atoms with Crippen molar-refractivity contribution in [3.05, 3.63) is 24.0 Å². The van der Waals surface area contributed by atoms with Gasteiger partial charge in [-0.25, -0.2) is 0 Å². The molecule has 3 heteroatoms. The van der Waals surface area contributed by atoms with Gasteiger partial charge < -0.3 is 0 Å². The molecule has 1 aromatic rings. The highest BCUT2D eigenvalue weighted by Crippen LogP contribution is 2.09. The number of anilines is 1. The van der Waals surface area contributed by atoms with Gasteiger partial charge >= 0.3 is 0 Å². The number of hydrogen-bond acceptors (Lipinski definition) is 3. The molecule has 0 bridgehead atoms. The lowest BCUT2D eigenvalue weighted by atomic mass is 10.2. The Hall–Kier alpha value is -1.56. The van der Waals surface area contributed by atoms with Gasteiger partial charge in [-0.05, 0) is 18.6 Å². The molecule has 0 saturated heterocycles. The highest BCUT2D eigenvalue weighted by Gasteiger charge is 1.92. The first-order valence-electron chi connectivity index (χ1n) is 2.90. The molecule has 0 aliphatic rings. The monoisotopic (exact) mass is 133 g/mol. The van der Waals surface area contributed by atoms with Gasteiger partial charge in [0.05, 0.1) is 11.9 Å². The first-order chi connectivity index (χ1) is 4.84. The summed E-state index contributed by atoms with van der Waals surface area (Å²) < 4.78 is 0. The van der Waals surface area contributed by atoms with E-state index in [-0.39, 0.29) is 0 Å². The van der Waals surface area contributed by atoms with Crippen LogP contribution < -0.4 is 5.32 Å². The number of aromatic nitrogens is 1. The number of aryl methyl sites for hydroxylation is 1. The summed E-state index contributed by atoms with van der Waals surface area (Å²) in [5.74, 6) is 0. The van der Waals surface area contributed by atoms with Crippen LogP contribution in [0, 0.1) is 18.4 Å². The van der Waals surface area contributed by atoms with Crippen LogP contribution >= 0.6 is 0 Å². The van der Waals surface area contributed by atoms with Crippen LogP contribution in [0.3, 0.4) is 0 Å². The number of nitrogens with one attached hydrogen (secondary N) is 1. The zero-order chi connectivity index (χ0) is 7.40. The molecule has 0 saturated carbocycles. The molecule has 3 nitrogen and oxygen atoms in total. The predicted octanol–water partition coefficient (Wildman–Crippen LogP) is 1.28. The number of nitrogens with zero attached hydrogens (tertiary/aromatic N) is 2. The highest BCUT2D eigenvalue weighted by molar-refractivity contribution is 5.50. The van der Waals surface area contributed by atoms with Gasteiger partial charge in [0.2, 0.25) is 0 Å². The summed E-state index contributed by atoms with van der Waals surface area (Å²) in [5.41, 5.74) is 1.79. The van der Waals surface area contributed by atoms with Crippen molar-refractivity contribution in [2.24, 2.45) is 0 Å². The van der Waals surface area contributed by atoms with Gasteiger partial charge in [0, 0.05) is 6.20 Å². The fourth-order valence-electron chi connectivity index (χ4n) is 0.655. The van der Waals surface area contributed by atoms with E-state index >= 15 is 0 Å². The molecule has 0 aliphatic heterocycles. The average Bonchev–Trinajstić information content (AvgIpc) is 1.94. The van der Waals surface area contributed by atoms with Crippen LogP contribution in [0.15, 0.2) is 18.5 Å². The van der Waals surface area contributed by atoms with Gasteiger partial charge in [-0.1, -0.05) is 0 Å². The maximum Gasteiger partial charge on any atom is 0.181 e. The summed E-state index contributed by atoms with van der Waals surface area (Å²) in [5, 5.41) is 10.8. The zero-order valence-corrected chi connectivity index (χ0v) is 5.63. The Morgan fingerprint density at radius 1 is 1.70 bits per heavy atom. The molecular weight excluding hydrogens is 126 g/mol. The third-order valence-electron chi connectivity index (χ3n) is 1.23. The maximum absolute atomic E-state index is 8.26. The van der Waals surface area contributed by atoms with Crippen LogP contribution in [0.2, 0.25) is 0 Å². The first kappa shape index (κ1) is 6.56. The van der Waals surface area contributed by atoms with E-state index in [1.54, 1.807) is 12.4 Å². The van der Waals surface area contributed by atoms with Crippen LogP contribution in [0.4, 0.5) is 5.69 Å². The van der Waals surface area contributed by atoms with Crippen molar-refractivity contribution in [1.29, 1.82) is 5.26 Å². The minimum atomic E-state index is 0.769. The molecule has 10 heavy (non-hydrogen) atoms. The number of rotatable bonds is 1. The second kappa shape index (κ2) is 2.83. The minimum absolute atomic E-state index is 0.769. The van der Waals surface area contributed by atoms with Gasteiger partial charge in [0.15, 0.2) is 6.19 Å². The third-order valence-corrected chi connectivity index (χ3v) is 1.23. The second-order valence-corrected chi connectivity index (χ2v) is 1.93. The van der Waals surface area contributed by atoms with E-state index < -0.39 is 0 Å². The molecule has 0 atom stereocenters. The van der Waals surface area contributed by atoms with E-state index in [2.05, 4.69) is 10.3 Å². The molecule has 1 heterocycles. The molecule has 0 unspecified atom stereocenters. The normalized spacial score (nSPS) is 8.40. The second-order valence-electron chi connectivity index (χ2n) is 1.93. The molecule has 0 aliphatic carbocycles. The number of pyridine rings is 1. The van der Waals surface area contributed by atoms with E-state index in [4.69, 9.17) is 5.26 Å². The molecule has 0 radical (unpaired) electrons. The summed E-state index contributed by atoms with van der Waals surface area (Å²) in [6.45, 7) is 1.92. The predicted molar refractivity (Wildman–Crippen MR) is 38.2 cm³/mol. The van der Waals surface area contributed by atoms with E-state index in [0.29, 0.717) is 0 Å². The number of hydrogen-bond donors (Lipinski definition) is 1. The van der Waals surface area contributed by atoms with Crippen molar-refractivity contribution in [2.75, 3.05) is 5.32 Å². The van der Waals surface area contributed by atoms with Crippen LogP contribution in [0.5, 0.6) is 0 Å². The van der Waals surface area contributed by atoms with Gasteiger partial charge in [-0.3, -0.25) is 10.3 Å². The summed E-state index contributed by atoms with van der Waals surface area (Å²) in [6.07, 6.45) is 5.15. The Labute approximate surface area is 59.3 Å². The standard InChI is InChI=1S/C7H7N3/c1-6-2-3-9-4-7(6)10-5-8/h2-4,10H,1H3. The molecule has 0 spiro atoms. The Morgan fingerprint density at radius 2 is 2.50 bits per heavy atom. The Balaban J connectivity index is 2.94. The lowest BCUT2D eigenvalue weighted by molar-refractivity contribution is 1.28. The van der Waals surface area contributed by atoms with Crippen molar-refractivity contribution in [2.45, 2.75) is 6.92 Å². The fraction of sp³-hybridized carbons (Fsp3) is 0.143. The van der Waals surface area contributed by atoms with Gasteiger partial charge in [0.1, 0.15) is 0 Å². The molecule has 0 aromatic carbocycles. The zero-order valence-electron chi connectivity index (χ0n) is 5.63. The molecule has 0 amide bonds. The molecule has 50 valence electrons. The van der Waals surface area contributed by atoms with Crippen LogP contribution in [0.1, 0.15) is 5.56 Å². The SMILES string of the molecule is Cc1ccncc1NC#N. The lowest BCUT2D eigenvalue weighted by Gasteiger charge is -1.98. The molecule has 0 fully saturated rings. The fourth-order valence-corrected chi connectivity index (χ4v) is 0.655. The Bertz CT molecular complexity index is 262. The summed E-state index contributed by atoms with van der Waals surface area (Å²) in [6, 6.07) is 1.85. The van der Waals surface area contributed by atoms with Crippen molar-refractivity contribution in [1.82, 2.24) is 4.98 Å². The first-order valence-corrected chi connectivity index (χ1v) is 2.90. The topological polar surface area (TPSA) is 48.7 Å². The van der Waals surface area contributed by atoms with Crippen LogP contribution in [-0.2, 0) is 0 Å². The van der Waals surface area contributed by atoms with Gasteiger partial charge in [-0.15, -0.1) is 0 Å². The number of nitriles is 1. The van der Waals surface area contributed by atoms with E-state index in [1.165, 1.54) is 0 Å². The Morgan fingerprint density at radius 3 is 3.10 bits per heavy atom. The molecular formula is C7H7N3. The minimum Gasteiger partial charge on any atom is -0.291 e. The van der Waals surface area contributed by atoms with Gasteiger partial charge in [0.25, 0.3) is 0 Å². The van der Waals surface area contributed by atoms with Crippen molar-refractivity contribution in [3.63, 3.8) is 0 Å². The van der Waals surface area contributed by atoms with Crippen LogP contribution in [-0.4, -0.2) is 4.98 Å². The quantitative estimate of drug-likeness (QED) is 0.463.